The first-order chi connectivity index (χ1) is 13.1. The number of rotatable bonds is 4. The van der Waals surface area contributed by atoms with Crippen LogP contribution in [0.4, 0.5) is 0 Å². The van der Waals surface area contributed by atoms with E-state index in [0.29, 0.717) is 37.3 Å². The molecule has 3 rings (SSSR count). The van der Waals surface area contributed by atoms with Crippen LogP contribution in [0.1, 0.15) is 39.6 Å². The van der Waals surface area contributed by atoms with Gasteiger partial charge in [-0.25, -0.2) is 0 Å². The van der Waals surface area contributed by atoms with E-state index in [1.807, 2.05) is 65.3 Å². The molecular formula is C22H26N2O3. The Morgan fingerprint density at radius 3 is 2.11 bits per heavy atom. The molecule has 1 saturated heterocycles. The first-order valence-corrected chi connectivity index (χ1v) is 9.44. The minimum atomic E-state index is 0.0152. The van der Waals surface area contributed by atoms with Crippen molar-refractivity contribution >= 4 is 11.8 Å². The van der Waals surface area contributed by atoms with E-state index < -0.39 is 0 Å². The predicted octanol–water partition coefficient (Wildman–Crippen LogP) is 3.25. The fourth-order valence-corrected chi connectivity index (χ4v) is 3.46. The Morgan fingerprint density at radius 1 is 0.889 bits per heavy atom. The van der Waals surface area contributed by atoms with Crippen molar-refractivity contribution in [3.8, 4) is 5.75 Å². The predicted molar refractivity (Wildman–Crippen MR) is 105 cm³/mol. The van der Waals surface area contributed by atoms with E-state index in [1.165, 1.54) is 0 Å². The van der Waals surface area contributed by atoms with Crippen molar-refractivity contribution in [3.63, 3.8) is 0 Å². The molecule has 0 atom stereocenters. The third-order valence-corrected chi connectivity index (χ3v) is 5.00. The first-order valence-electron chi connectivity index (χ1n) is 9.44. The molecule has 1 heterocycles. The van der Waals surface area contributed by atoms with Crippen LogP contribution >= 0.6 is 0 Å². The van der Waals surface area contributed by atoms with Crippen molar-refractivity contribution in [3.05, 3.63) is 65.2 Å². The molecule has 27 heavy (non-hydrogen) atoms. The van der Waals surface area contributed by atoms with Crippen molar-refractivity contribution < 1.29 is 14.3 Å². The molecule has 0 spiro atoms. The largest absolute Gasteiger partial charge is 0.496 e. The Morgan fingerprint density at radius 2 is 1.52 bits per heavy atom. The lowest BCUT2D eigenvalue weighted by Crippen LogP contribution is -2.37. The molecule has 0 saturated carbocycles. The molecule has 0 aromatic heterocycles. The fourth-order valence-electron chi connectivity index (χ4n) is 3.46. The molecule has 2 aromatic carbocycles. The minimum absolute atomic E-state index is 0.0152. The monoisotopic (exact) mass is 366 g/mol. The number of carbonyl (C=O) groups is 2. The third-order valence-electron chi connectivity index (χ3n) is 5.00. The molecule has 5 nitrogen and oxygen atoms in total. The summed E-state index contributed by atoms with van der Waals surface area (Å²) in [5.74, 6) is 0.855. The van der Waals surface area contributed by atoms with Crippen LogP contribution in [0.2, 0.25) is 0 Å². The minimum Gasteiger partial charge on any atom is -0.496 e. The highest BCUT2D eigenvalue weighted by molar-refractivity contribution is 5.95. The Labute approximate surface area is 160 Å². The first kappa shape index (κ1) is 19.0. The highest BCUT2D eigenvalue weighted by Gasteiger charge is 2.23. The molecule has 2 amide bonds. The SMILES string of the molecule is CCc1cc(C(=O)N2CCCN(C(=O)c3ccccc3)CC2)ccc1OC. The number of hydrogen-bond donors (Lipinski definition) is 0. The van der Waals surface area contributed by atoms with Gasteiger partial charge in [0.15, 0.2) is 0 Å². The maximum atomic E-state index is 12.9. The normalized spacial score (nSPS) is 14.6. The molecule has 0 aliphatic carbocycles. The second-order valence-corrected chi connectivity index (χ2v) is 6.68. The molecule has 0 bridgehead atoms. The fraction of sp³-hybridized carbons (Fsp3) is 0.364. The number of methoxy groups -OCH3 is 1. The zero-order chi connectivity index (χ0) is 19.2. The molecule has 2 aromatic rings. The van der Waals surface area contributed by atoms with Crippen molar-refractivity contribution in [2.45, 2.75) is 19.8 Å². The van der Waals surface area contributed by atoms with Gasteiger partial charge in [0.2, 0.25) is 0 Å². The zero-order valence-corrected chi connectivity index (χ0v) is 16.0. The second-order valence-electron chi connectivity index (χ2n) is 6.68. The van der Waals surface area contributed by atoms with Crippen LogP contribution in [0.3, 0.4) is 0 Å². The highest BCUT2D eigenvalue weighted by Crippen LogP contribution is 2.22. The van der Waals surface area contributed by atoms with Gasteiger partial charge in [-0.3, -0.25) is 9.59 Å². The van der Waals surface area contributed by atoms with E-state index in [2.05, 4.69) is 0 Å². The number of carbonyl (C=O) groups excluding carboxylic acids is 2. The quantitative estimate of drug-likeness (QED) is 0.835. The van der Waals surface area contributed by atoms with E-state index in [4.69, 9.17) is 4.74 Å². The van der Waals surface area contributed by atoms with Gasteiger partial charge in [0.1, 0.15) is 5.75 Å². The summed E-state index contributed by atoms with van der Waals surface area (Å²) in [4.78, 5) is 29.3. The molecule has 0 N–H and O–H groups in total. The molecule has 0 unspecified atom stereocenters. The van der Waals surface area contributed by atoms with Crippen LogP contribution < -0.4 is 4.74 Å². The lowest BCUT2D eigenvalue weighted by Gasteiger charge is -2.22. The van der Waals surface area contributed by atoms with Crippen LogP contribution in [-0.4, -0.2) is 54.9 Å². The third kappa shape index (κ3) is 4.30. The standard InChI is InChI=1S/C22H26N2O3/c1-3-17-16-19(10-11-20(17)27-2)22(26)24-13-7-12-23(14-15-24)21(25)18-8-5-4-6-9-18/h4-6,8-11,16H,3,7,12-15H2,1-2H3. The van der Waals surface area contributed by atoms with Gasteiger partial charge in [0, 0.05) is 37.3 Å². The zero-order valence-electron chi connectivity index (χ0n) is 16.0. The van der Waals surface area contributed by atoms with Gasteiger partial charge in [-0.2, -0.15) is 0 Å². The number of aryl methyl sites for hydroxylation is 1. The maximum absolute atomic E-state index is 12.9. The number of benzene rings is 2. The van der Waals surface area contributed by atoms with E-state index in [9.17, 15) is 9.59 Å². The molecule has 5 heteroatoms. The number of hydrogen-bond acceptors (Lipinski definition) is 3. The van der Waals surface area contributed by atoms with Gasteiger partial charge < -0.3 is 14.5 Å². The lowest BCUT2D eigenvalue weighted by atomic mass is 10.1. The summed E-state index contributed by atoms with van der Waals surface area (Å²) in [7, 11) is 1.64. The lowest BCUT2D eigenvalue weighted by molar-refractivity contribution is 0.0718. The molecule has 0 radical (unpaired) electrons. The van der Waals surface area contributed by atoms with Crippen molar-refractivity contribution in [2.75, 3.05) is 33.3 Å². The van der Waals surface area contributed by atoms with Crippen LogP contribution in [0.25, 0.3) is 0 Å². The molecule has 1 aliphatic heterocycles. The summed E-state index contributed by atoms with van der Waals surface area (Å²) >= 11 is 0. The van der Waals surface area contributed by atoms with Gasteiger partial charge >= 0.3 is 0 Å². The summed E-state index contributed by atoms with van der Waals surface area (Å²) < 4.78 is 5.35. The Hall–Kier alpha value is -2.82. The Bertz CT molecular complexity index is 804. The summed E-state index contributed by atoms with van der Waals surface area (Å²) in [6, 6.07) is 14.9. The maximum Gasteiger partial charge on any atom is 0.253 e. The average molecular weight is 366 g/mol. The van der Waals surface area contributed by atoms with Crippen molar-refractivity contribution in [1.82, 2.24) is 9.80 Å². The average Bonchev–Trinajstić information content (AvgIpc) is 2.99. The summed E-state index contributed by atoms with van der Waals surface area (Å²) in [5.41, 5.74) is 2.40. The van der Waals surface area contributed by atoms with E-state index in [0.717, 1.165) is 24.2 Å². The number of amides is 2. The smallest absolute Gasteiger partial charge is 0.253 e. The summed E-state index contributed by atoms with van der Waals surface area (Å²) in [6.45, 7) is 4.47. The van der Waals surface area contributed by atoms with Crippen LogP contribution in [0.15, 0.2) is 48.5 Å². The van der Waals surface area contributed by atoms with E-state index in [1.54, 1.807) is 7.11 Å². The molecule has 1 aliphatic rings. The Kier molecular flexibility index (Phi) is 6.12. The van der Waals surface area contributed by atoms with Crippen LogP contribution in [0, 0.1) is 0 Å². The molecular weight excluding hydrogens is 340 g/mol. The molecule has 142 valence electrons. The van der Waals surface area contributed by atoms with Crippen molar-refractivity contribution in [2.24, 2.45) is 0 Å². The number of ether oxygens (including phenoxy) is 1. The van der Waals surface area contributed by atoms with Gasteiger partial charge in [0.25, 0.3) is 11.8 Å². The van der Waals surface area contributed by atoms with E-state index in [-0.39, 0.29) is 11.8 Å². The van der Waals surface area contributed by atoms with E-state index >= 15 is 0 Å². The topological polar surface area (TPSA) is 49.9 Å². The van der Waals surface area contributed by atoms with Crippen LogP contribution in [0.5, 0.6) is 5.75 Å². The highest BCUT2D eigenvalue weighted by atomic mass is 16.5. The van der Waals surface area contributed by atoms with Gasteiger partial charge in [0.05, 0.1) is 7.11 Å². The van der Waals surface area contributed by atoms with Gasteiger partial charge in [-0.05, 0) is 48.7 Å². The van der Waals surface area contributed by atoms with Gasteiger partial charge in [-0.1, -0.05) is 25.1 Å². The Balaban J connectivity index is 1.69. The van der Waals surface area contributed by atoms with Crippen molar-refractivity contribution in [1.29, 1.82) is 0 Å². The molecule has 1 fully saturated rings. The summed E-state index contributed by atoms with van der Waals surface area (Å²) in [5, 5.41) is 0. The van der Waals surface area contributed by atoms with Gasteiger partial charge in [-0.15, -0.1) is 0 Å². The number of nitrogens with zero attached hydrogens (tertiary/aromatic N) is 2. The van der Waals surface area contributed by atoms with Crippen LogP contribution in [-0.2, 0) is 6.42 Å². The second kappa shape index (κ2) is 8.71. The summed E-state index contributed by atoms with van der Waals surface area (Å²) in [6.07, 6.45) is 1.59.